The van der Waals surface area contributed by atoms with Crippen LogP contribution >= 0.6 is 0 Å². The molecule has 0 saturated carbocycles. The first-order valence-electron chi connectivity index (χ1n) is 24.3. The molecular weight excluding hydrogens is 861 g/mol. The highest BCUT2D eigenvalue weighted by molar-refractivity contribution is 6.13. The molecule has 0 radical (unpaired) electrons. The topological polar surface area (TPSA) is 21.3 Å². The van der Waals surface area contributed by atoms with E-state index in [1.807, 2.05) is 12.1 Å². The van der Waals surface area contributed by atoms with Gasteiger partial charge in [-0.2, -0.15) is 0 Å². The molecule has 0 aliphatic carbocycles. The molecule has 3 nitrogen and oxygen atoms in total. The SMILES string of the molecule is c1cc(-c2ccc(N(c3ccc(-c4ccc5c(ccc6ccccc65)c4)cc3)c3cccc(-c4cccc5oc6ccccc6c45)c3)cc2)cc(-c2ccc(-n3c4ccccc4c4ccccc43)cc2)c1. The van der Waals surface area contributed by atoms with Gasteiger partial charge < -0.3 is 13.9 Å². The summed E-state index contributed by atoms with van der Waals surface area (Å²) in [7, 11) is 0. The lowest BCUT2D eigenvalue weighted by Gasteiger charge is -2.26. The van der Waals surface area contributed by atoms with Crippen molar-refractivity contribution < 1.29 is 4.42 Å². The van der Waals surface area contributed by atoms with Crippen molar-refractivity contribution in [3.63, 3.8) is 0 Å². The molecule has 71 heavy (non-hydrogen) atoms. The van der Waals surface area contributed by atoms with Gasteiger partial charge in [-0.1, -0.05) is 182 Å². The average Bonchev–Trinajstić information content (AvgIpc) is 4.00. The predicted octanol–water partition coefficient (Wildman–Crippen LogP) is 19.1. The third kappa shape index (κ3) is 6.97. The molecule has 0 fully saturated rings. The summed E-state index contributed by atoms with van der Waals surface area (Å²) in [6, 6.07) is 96.7. The zero-order valence-corrected chi connectivity index (χ0v) is 38.7. The third-order valence-electron chi connectivity index (χ3n) is 14.4. The van der Waals surface area contributed by atoms with Crippen molar-refractivity contribution >= 4 is 82.4 Å². The van der Waals surface area contributed by atoms with E-state index in [0.29, 0.717) is 0 Å². The maximum absolute atomic E-state index is 6.33. The van der Waals surface area contributed by atoms with Gasteiger partial charge in [0.2, 0.25) is 0 Å². The van der Waals surface area contributed by atoms with Crippen LogP contribution in [0.15, 0.2) is 271 Å². The van der Waals surface area contributed by atoms with Crippen molar-refractivity contribution in [3.05, 3.63) is 267 Å². The summed E-state index contributed by atoms with van der Waals surface area (Å²) in [5.41, 5.74) is 17.9. The second-order valence-electron chi connectivity index (χ2n) is 18.5. The molecule has 0 N–H and O–H groups in total. The zero-order valence-electron chi connectivity index (χ0n) is 38.7. The molecule has 0 unspecified atom stereocenters. The highest BCUT2D eigenvalue weighted by Crippen LogP contribution is 2.42. The molecule has 0 aliphatic rings. The molecule has 0 spiro atoms. The fourth-order valence-corrected chi connectivity index (χ4v) is 11.0. The van der Waals surface area contributed by atoms with Crippen LogP contribution in [-0.2, 0) is 0 Å². The van der Waals surface area contributed by atoms with Gasteiger partial charge in [-0.15, -0.1) is 0 Å². The first kappa shape index (κ1) is 40.6. The molecule has 3 heteroatoms. The number of aromatic nitrogens is 1. The quantitative estimate of drug-likeness (QED) is 0.142. The zero-order chi connectivity index (χ0) is 46.8. The van der Waals surface area contributed by atoms with E-state index in [4.69, 9.17) is 4.42 Å². The lowest BCUT2D eigenvalue weighted by atomic mass is 9.97. The Morgan fingerprint density at radius 3 is 1.49 bits per heavy atom. The molecule has 2 heterocycles. The minimum Gasteiger partial charge on any atom is -0.456 e. The molecule has 0 atom stereocenters. The molecule has 0 aliphatic heterocycles. The standard InChI is InChI=1S/C68H44N2O/c1-2-17-58-48(12-1)26-27-53-43-51(34-41-59(53)58)47-30-37-55(38-31-47)69(57-16-10-15-52(44-57)60-21-11-25-67-68(60)63-20-5-8-24-66(63)71-67)54-35-28-45(29-36-54)49-13-9-14-50(42-49)46-32-39-56(40-33-46)70-64-22-6-3-18-61(64)62-19-4-7-23-65(62)70/h1-44H. The lowest BCUT2D eigenvalue weighted by Crippen LogP contribution is -2.10. The molecule has 0 saturated heterocycles. The first-order valence-corrected chi connectivity index (χ1v) is 24.3. The van der Waals surface area contributed by atoms with E-state index in [-0.39, 0.29) is 0 Å². The van der Waals surface area contributed by atoms with Crippen LogP contribution in [0.1, 0.15) is 0 Å². The molecule has 332 valence electrons. The number of anilines is 3. The second-order valence-corrected chi connectivity index (χ2v) is 18.5. The molecule has 14 rings (SSSR count). The van der Waals surface area contributed by atoms with Crippen molar-refractivity contribution in [2.24, 2.45) is 0 Å². The monoisotopic (exact) mass is 904 g/mol. The summed E-state index contributed by atoms with van der Waals surface area (Å²) in [5.74, 6) is 0. The van der Waals surface area contributed by atoms with Gasteiger partial charge in [0.1, 0.15) is 11.2 Å². The fraction of sp³-hybridized carbons (Fsp3) is 0. The predicted molar refractivity (Wildman–Crippen MR) is 299 cm³/mol. The Labute approximate surface area is 411 Å². The van der Waals surface area contributed by atoms with E-state index in [1.165, 1.54) is 71.2 Å². The van der Waals surface area contributed by atoms with E-state index < -0.39 is 0 Å². The van der Waals surface area contributed by atoms with Crippen molar-refractivity contribution in [1.82, 2.24) is 4.57 Å². The summed E-state index contributed by atoms with van der Waals surface area (Å²) in [6.07, 6.45) is 0. The molecule has 2 aromatic heterocycles. The number of hydrogen-bond acceptors (Lipinski definition) is 2. The third-order valence-corrected chi connectivity index (χ3v) is 14.4. The Bertz CT molecular complexity index is 4280. The van der Waals surface area contributed by atoms with E-state index in [1.54, 1.807) is 0 Å². The van der Waals surface area contributed by atoms with Crippen molar-refractivity contribution in [3.8, 4) is 50.2 Å². The van der Waals surface area contributed by atoms with Crippen LogP contribution in [0, 0.1) is 0 Å². The van der Waals surface area contributed by atoms with E-state index in [9.17, 15) is 0 Å². The Morgan fingerprint density at radius 1 is 0.282 bits per heavy atom. The number of nitrogens with zero attached hydrogens (tertiary/aromatic N) is 2. The summed E-state index contributed by atoms with van der Waals surface area (Å²) < 4.78 is 8.70. The molecule has 0 bridgehead atoms. The summed E-state index contributed by atoms with van der Waals surface area (Å²) in [6.45, 7) is 0. The molecular formula is C68H44N2O. The first-order chi connectivity index (χ1) is 35.2. The molecule has 0 amide bonds. The maximum Gasteiger partial charge on any atom is 0.136 e. The Hall–Kier alpha value is -9.44. The summed E-state index contributed by atoms with van der Waals surface area (Å²) in [5, 5.41) is 9.83. The van der Waals surface area contributed by atoms with Crippen LogP contribution in [0.2, 0.25) is 0 Å². The average molecular weight is 905 g/mol. The van der Waals surface area contributed by atoms with Crippen LogP contribution in [0.5, 0.6) is 0 Å². The Morgan fingerprint density at radius 2 is 0.789 bits per heavy atom. The number of benzene rings is 12. The number of rotatable bonds is 8. The smallest absolute Gasteiger partial charge is 0.136 e. The number of para-hydroxylation sites is 3. The number of hydrogen-bond donors (Lipinski definition) is 0. The van der Waals surface area contributed by atoms with Crippen LogP contribution in [0.4, 0.5) is 17.1 Å². The highest BCUT2D eigenvalue weighted by atomic mass is 16.3. The van der Waals surface area contributed by atoms with E-state index in [0.717, 1.165) is 61.4 Å². The summed E-state index contributed by atoms with van der Waals surface area (Å²) in [4.78, 5) is 2.37. The van der Waals surface area contributed by atoms with E-state index in [2.05, 4.69) is 264 Å². The van der Waals surface area contributed by atoms with E-state index >= 15 is 0 Å². The van der Waals surface area contributed by atoms with Gasteiger partial charge in [-0.3, -0.25) is 0 Å². The van der Waals surface area contributed by atoms with Crippen molar-refractivity contribution in [2.45, 2.75) is 0 Å². The number of furan rings is 1. The second kappa shape index (κ2) is 16.7. The van der Waals surface area contributed by atoms with Gasteiger partial charge >= 0.3 is 0 Å². The summed E-state index contributed by atoms with van der Waals surface area (Å²) >= 11 is 0. The largest absolute Gasteiger partial charge is 0.456 e. The van der Waals surface area contributed by atoms with Gasteiger partial charge in [0.05, 0.1) is 11.0 Å². The van der Waals surface area contributed by atoms with Gasteiger partial charge in [-0.25, -0.2) is 0 Å². The normalized spacial score (nSPS) is 11.7. The lowest BCUT2D eigenvalue weighted by molar-refractivity contribution is 0.669. The van der Waals surface area contributed by atoms with Crippen LogP contribution in [0.3, 0.4) is 0 Å². The Balaban J connectivity index is 0.819. The minimum absolute atomic E-state index is 0.888. The molecule has 12 aromatic carbocycles. The van der Waals surface area contributed by atoms with Gasteiger partial charge in [-0.05, 0) is 151 Å². The minimum atomic E-state index is 0.888. The fourth-order valence-electron chi connectivity index (χ4n) is 11.0. The van der Waals surface area contributed by atoms with Gasteiger partial charge in [0.25, 0.3) is 0 Å². The van der Waals surface area contributed by atoms with Crippen molar-refractivity contribution in [2.75, 3.05) is 4.90 Å². The number of fused-ring (bicyclic) bond motifs is 9. The highest BCUT2D eigenvalue weighted by Gasteiger charge is 2.18. The van der Waals surface area contributed by atoms with Crippen LogP contribution in [-0.4, -0.2) is 4.57 Å². The van der Waals surface area contributed by atoms with Crippen LogP contribution in [0.25, 0.3) is 115 Å². The van der Waals surface area contributed by atoms with Gasteiger partial charge in [0, 0.05) is 44.3 Å². The van der Waals surface area contributed by atoms with Crippen LogP contribution < -0.4 is 4.90 Å². The molecule has 14 aromatic rings. The Kier molecular flexibility index (Phi) is 9.53. The van der Waals surface area contributed by atoms with Crippen molar-refractivity contribution in [1.29, 1.82) is 0 Å². The van der Waals surface area contributed by atoms with Gasteiger partial charge in [0.15, 0.2) is 0 Å². The maximum atomic E-state index is 6.33.